The van der Waals surface area contributed by atoms with Gasteiger partial charge in [0.05, 0.1) is 19.2 Å². The molecule has 5 nitrogen and oxygen atoms in total. The normalized spacial score (nSPS) is 19.3. The Morgan fingerprint density at radius 1 is 1.35 bits per heavy atom. The van der Waals surface area contributed by atoms with Gasteiger partial charge in [-0.05, 0) is 32.0 Å². The molecule has 136 valence electrons. The van der Waals surface area contributed by atoms with E-state index in [4.69, 9.17) is 0 Å². The molecule has 3 N–H and O–H groups in total. The molecule has 0 radical (unpaired) electrons. The predicted octanol–water partition coefficient (Wildman–Crippen LogP) is 2.43. The highest BCUT2D eigenvalue weighted by Gasteiger charge is 2.31. The van der Waals surface area contributed by atoms with Crippen LogP contribution >= 0.6 is 0 Å². The van der Waals surface area contributed by atoms with Crippen LogP contribution in [0.3, 0.4) is 0 Å². The number of aliphatic hydroxyl groups is 2. The summed E-state index contributed by atoms with van der Waals surface area (Å²) >= 11 is 0. The van der Waals surface area contributed by atoms with Gasteiger partial charge in [0.1, 0.15) is 5.60 Å². The molecule has 4 rings (SSSR count). The van der Waals surface area contributed by atoms with Crippen LogP contribution < -0.4 is 5.32 Å². The summed E-state index contributed by atoms with van der Waals surface area (Å²) in [5.41, 5.74) is 4.44. The molecule has 5 heteroatoms. The van der Waals surface area contributed by atoms with Crippen LogP contribution in [0.4, 0.5) is 0 Å². The fourth-order valence-corrected chi connectivity index (χ4v) is 4.09. The van der Waals surface area contributed by atoms with Crippen molar-refractivity contribution in [1.82, 2.24) is 14.9 Å². The highest BCUT2D eigenvalue weighted by Crippen LogP contribution is 2.36. The van der Waals surface area contributed by atoms with E-state index < -0.39 is 5.60 Å². The van der Waals surface area contributed by atoms with Crippen molar-refractivity contribution in [3.63, 3.8) is 0 Å². The lowest BCUT2D eigenvalue weighted by atomic mass is 9.96. The molecule has 1 aliphatic heterocycles. The third-order valence-electron chi connectivity index (χ3n) is 5.40. The summed E-state index contributed by atoms with van der Waals surface area (Å²) < 4.78 is 2.22. The summed E-state index contributed by atoms with van der Waals surface area (Å²) in [6, 6.07) is 10.1. The summed E-state index contributed by atoms with van der Waals surface area (Å²) in [7, 11) is 0. The van der Waals surface area contributed by atoms with E-state index >= 15 is 0 Å². The molecule has 2 atom stereocenters. The Hall–Kier alpha value is -2.21. The Morgan fingerprint density at radius 2 is 2.19 bits per heavy atom. The summed E-state index contributed by atoms with van der Waals surface area (Å²) in [5, 5.41) is 25.6. The molecule has 3 aromatic rings. The van der Waals surface area contributed by atoms with Gasteiger partial charge in [0.15, 0.2) is 0 Å². The Kier molecular flexibility index (Phi) is 4.31. The maximum absolute atomic E-state index is 11.2. The number of aliphatic hydroxyl groups excluding tert-OH is 1. The van der Waals surface area contributed by atoms with Gasteiger partial charge in [-0.15, -0.1) is 0 Å². The molecular formula is C21H25N3O2. The zero-order valence-corrected chi connectivity index (χ0v) is 15.2. The zero-order valence-electron chi connectivity index (χ0n) is 15.2. The number of aromatic nitrogens is 2. The molecule has 2 aromatic heterocycles. The highest BCUT2D eigenvalue weighted by molar-refractivity contribution is 5.87. The summed E-state index contributed by atoms with van der Waals surface area (Å²) in [6.45, 7) is 5.26. The van der Waals surface area contributed by atoms with Gasteiger partial charge in [-0.3, -0.25) is 4.98 Å². The molecule has 0 saturated heterocycles. The van der Waals surface area contributed by atoms with Crippen LogP contribution in [0.25, 0.3) is 10.9 Å². The number of aryl methyl sites for hydroxylation is 1. The third-order valence-corrected chi connectivity index (χ3v) is 5.40. The van der Waals surface area contributed by atoms with Crippen molar-refractivity contribution in [2.24, 2.45) is 0 Å². The molecule has 0 saturated carbocycles. The molecule has 0 aliphatic carbocycles. The number of rotatable bonds is 4. The van der Waals surface area contributed by atoms with Crippen LogP contribution in [-0.4, -0.2) is 32.9 Å². The van der Waals surface area contributed by atoms with Crippen LogP contribution in [0.2, 0.25) is 0 Å². The molecule has 26 heavy (non-hydrogen) atoms. The van der Waals surface area contributed by atoms with E-state index in [1.807, 2.05) is 19.1 Å². The maximum atomic E-state index is 11.2. The average Bonchev–Trinajstić information content (AvgIpc) is 2.95. The second-order valence-corrected chi connectivity index (χ2v) is 7.42. The lowest BCUT2D eigenvalue weighted by Gasteiger charge is -2.28. The first-order valence-electron chi connectivity index (χ1n) is 9.10. The number of benzene rings is 1. The standard InChI is InChI=1S/C21H25N3O2/c1-14-5-6-18-16(10-14)20-17(12-25)23-9-7-19(20)24(18)13-21(2,26)15-4-3-8-22-11-15/h3-6,8,10-11,17,23,25-26H,7,9,12-13H2,1-2H3. The number of hydrogen-bond donors (Lipinski definition) is 3. The smallest absolute Gasteiger partial charge is 0.106 e. The Balaban J connectivity index is 1.88. The highest BCUT2D eigenvalue weighted by atomic mass is 16.3. The van der Waals surface area contributed by atoms with E-state index in [2.05, 4.69) is 40.0 Å². The second-order valence-electron chi connectivity index (χ2n) is 7.42. The van der Waals surface area contributed by atoms with Gasteiger partial charge < -0.3 is 20.1 Å². The SMILES string of the molecule is Cc1ccc2c(c1)c1c(n2CC(C)(O)c2cccnc2)CCNC1CO. The van der Waals surface area contributed by atoms with Crippen molar-refractivity contribution < 1.29 is 10.2 Å². The van der Waals surface area contributed by atoms with E-state index in [9.17, 15) is 10.2 Å². The van der Waals surface area contributed by atoms with E-state index in [1.54, 1.807) is 12.4 Å². The largest absolute Gasteiger partial charge is 0.394 e. The van der Waals surface area contributed by atoms with Gasteiger partial charge in [0, 0.05) is 53.1 Å². The van der Waals surface area contributed by atoms with Crippen LogP contribution in [0.15, 0.2) is 42.7 Å². The van der Waals surface area contributed by atoms with Gasteiger partial charge in [-0.2, -0.15) is 0 Å². The first-order chi connectivity index (χ1) is 12.5. The van der Waals surface area contributed by atoms with E-state index in [0.717, 1.165) is 29.4 Å². The van der Waals surface area contributed by atoms with Crippen molar-refractivity contribution in [3.05, 3.63) is 65.1 Å². The molecule has 1 aliphatic rings. The van der Waals surface area contributed by atoms with E-state index in [0.29, 0.717) is 6.54 Å². The summed E-state index contributed by atoms with van der Waals surface area (Å²) in [5.74, 6) is 0. The van der Waals surface area contributed by atoms with Gasteiger partial charge in [0.25, 0.3) is 0 Å². The van der Waals surface area contributed by atoms with Crippen LogP contribution in [0.1, 0.15) is 35.3 Å². The van der Waals surface area contributed by atoms with Gasteiger partial charge in [0.2, 0.25) is 0 Å². The Morgan fingerprint density at radius 3 is 2.92 bits per heavy atom. The average molecular weight is 351 g/mol. The minimum absolute atomic E-state index is 0.0624. The Bertz CT molecular complexity index is 931. The predicted molar refractivity (Wildman–Crippen MR) is 102 cm³/mol. The fraction of sp³-hybridized carbons (Fsp3) is 0.381. The second kappa shape index (κ2) is 6.50. The van der Waals surface area contributed by atoms with Crippen LogP contribution in [-0.2, 0) is 18.6 Å². The summed E-state index contributed by atoms with van der Waals surface area (Å²) in [4.78, 5) is 4.15. The van der Waals surface area contributed by atoms with Crippen molar-refractivity contribution in [2.45, 2.75) is 38.5 Å². The lowest BCUT2D eigenvalue weighted by Crippen LogP contribution is -2.34. The van der Waals surface area contributed by atoms with Gasteiger partial charge in [-0.1, -0.05) is 17.7 Å². The maximum Gasteiger partial charge on any atom is 0.106 e. The Labute approximate surface area is 153 Å². The van der Waals surface area contributed by atoms with Crippen molar-refractivity contribution in [1.29, 1.82) is 0 Å². The molecule has 0 fully saturated rings. The van der Waals surface area contributed by atoms with Crippen LogP contribution in [0, 0.1) is 6.92 Å². The first kappa shape index (κ1) is 17.2. The topological polar surface area (TPSA) is 70.3 Å². The number of pyridine rings is 1. The fourth-order valence-electron chi connectivity index (χ4n) is 4.09. The summed E-state index contributed by atoms with van der Waals surface area (Å²) in [6.07, 6.45) is 4.32. The minimum atomic E-state index is -1.03. The third kappa shape index (κ3) is 2.82. The number of nitrogens with zero attached hydrogens (tertiary/aromatic N) is 2. The van der Waals surface area contributed by atoms with E-state index in [-0.39, 0.29) is 12.6 Å². The number of fused-ring (bicyclic) bond motifs is 3. The van der Waals surface area contributed by atoms with E-state index in [1.165, 1.54) is 16.8 Å². The quantitative estimate of drug-likeness (QED) is 0.675. The molecule has 0 bridgehead atoms. The van der Waals surface area contributed by atoms with Gasteiger partial charge >= 0.3 is 0 Å². The van der Waals surface area contributed by atoms with Gasteiger partial charge in [-0.25, -0.2) is 0 Å². The molecule has 2 unspecified atom stereocenters. The molecule has 0 spiro atoms. The molecular weight excluding hydrogens is 326 g/mol. The number of nitrogens with one attached hydrogen (secondary N) is 1. The van der Waals surface area contributed by atoms with Crippen molar-refractivity contribution >= 4 is 10.9 Å². The number of hydrogen-bond acceptors (Lipinski definition) is 4. The van der Waals surface area contributed by atoms with Crippen LogP contribution in [0.5, 0.6) is 0 Å². The van der Waals surface area contributed by atoms with Crippen molar-refractivity contribution in [2.75, 3.05) is 13.2 Å². The lowest BCUT2D eigenvalue weighted by molar-refractivity contribution is 0.0383. The zero-order chi connectivity index (χ0) is 18.3. The molecule has 1 aromatic carbocycles. The monoisotopic (exact) mass is 351 g/mol. The minimum Gasteiger partial charge on any atom is -0.394 e. The molecule has 3 heterocycles. The van der Waals surface area contributed by atoms with Crippen molar-refractivity contribution in [3.8, 4) is 0 Å². The molecule has 0 amide bonds. The first-order valence-corrected chi connectivity index (χ1v) is 9.10.